The molecular weight excluding hydrogens is 302 g/mol. The molecule has 0 atom stereocenters. The highest BCUT2D eigenvalue weighted by Gasteiger charge is 2.12. The van der Waals surface area contributed by atoms with Gasteiger partial charge in [-0.2, -0.15) is 0 Å². The number of para-hydroxylation sites is 1. The first kappa shape index (κ1) is 17.7. The van der Waals surface area contributed by atoms with Crippen molar-refractivity contribution in [1.29, 1.82) is 0 Å². The molecular formula is C20H23NO3. The second kappa shape index (κ2) is 8.29. The van der Waals surface area contributed by atoms with Crippen LogP contribution in [0.4, 0.5) is 5.69 Å². The van der Waals surface area contributed by atoms with Crippen LogP contribution in [0.1, 0.15) is 48.5 Å². The van der Waals surface area contributed by atoms with E-state index in [-0.39, 0.29) is 24.5 Å². The van der Waals surface area contributed by atoms with Gasteiger partial charge in [0.15, 0.2) is 5.78 Å². The third kappa shape index (κ3) is 4.69. The van der Waals surface area contributed by atoms with Crippen LogP contribution >= 0.6 is 0 Å². The zero-order valence-corrected chi connectivity index (χ0v) is 14.3. The molecule has 0 aliphatic heterocycles. The number of ketones is 1. The van der Waals surface area contributed by atoms with Crippen molar-refractivity contribution in [3.05, 3.63) is 59.7 Å². The van der Waals surface area contributed by atoms with Crippen LogP contribution in [0, 0.1) is 0 Å². The van der Waals surface area contributed by atoms with Crippen molar-refractivity contribution in [2.24, 2.45) is 0 Å². The lowest BCUT2D eigenvalue weighted by Crippen LogP contribution is -2.15. The Kier molecular flexibility index (Phi) is 6.13. The van der Waals surface area contributed by atoms with Crippen molar-refractivity contribution in [3.63, 3.8) is 0 Å². The number of ether oxygens (including phenoxy) is 1. The highest BCUT2D eigenvalue weighted by atomic mass is 16.5. The van der Waals surface area contributed by atoms with Gasteiger partial charge in [0.2, 0.25) is 5.91 Å². The smallest absolute Gasteiger partial charge is 0.224 e. The summed E-state index contributed by atoms with van der Waals surface area (Å²) in [7, 11) is 1.56. The van der Waals surface area contributed by atoms with Crippen LogP contribution in [-0.2, 0) is 4.79 Å². The van der Waals surface area contributed by atoms with Gasteiger partial charge >= 0.3 is 0 Å². The van der Waals surface area contributed by atoms with Gasteiger partial charge in [0.05, 0.1) is 7.11 Å². The van der Waals surface area contributed by atoms with Crippen molar-refractivity contribution in [2.75, 3.05) is 12.4 Å². The van der Waals surface area contributed by atoms with E-state index in [1.165, 1.54) is 0 Å². The van der Waals surface area contributed by atoms with Gasteiger partial charge in [0.25, 0.3) is 0 Å². The Hall–Kier alpha value is -2.62. The minimum absolute atomic E-state index is 0.0683. The lowest BCUT2D eigenvalue weighted by molar-refractivity contribution is -0.116. The van der Waals surface area contributed by atoms with E-state index in [1.54, 1.807) is 31.4 Å². The molecule has 2 aromatic carbocycles. The summed E-state index contributed by atoms with van der Waals surface area (Å²) in [6.07, 6.45) is 0.325. The average Bonchev–Trinajstić information content (AvgIpc) is 2.60. The largest absolute Gasteiger partial charge is 0.497 e. The van der Waals surface area contributed by atoms with E-state index in [0.717, 1.165) is 11.3 Å². The van der Waals surface area contributed by atoms with Gasteiger partial charge in [-0.3, -0.25) is 9.59 Å². The van der Waals surface area contributed by atoms with Gasteiger partial charge in [-0.1, -0.05) is 44.2 Å². The highest BCUT2D eigenvalue weighted by Crippen LogP contribution is 2.24. The number of rotatable bonds is 7. The van der Waals surface area contributed by atoms with Crippen LogP contribution in [0.25, 0.3) is 0 Å². The lowest BCUT2D eigenvalue weighted by atomic mass is 10.0. The van der Waals surface area contributed by atoms with E-state index in [9.17, 15) is 9.59 Å². The zero-order chi connectivity index (χ0) is 17.5. The van der Waals surface area contributed by atoms with Crippen molar-refractivity contribution in [2.45, 2.75) is 32.6 Å². The van der Waals surface area contributed by atoms with Gasteiger partial charge in [-0.15, -0.1) is 0 Å². The fraction of sp³-hybridized carbons (Fsp3) is 0.300. The van der Waals surface area contributed by atoms with Gasteiger partial charge in [0, 0.05) is 24.1 Å². The zero-order valence-electron chi connectivity index (χ0n) is 14.3. The van der Waals surface area contributed by atoms with E-state index in [0.29, 0.717) is 17.2 Å². The van der Waals surface area contributed by atoms with Crippen LogP contribution in [-0.4, -0.2) is 18.8 Å². The summed E-state index contributed by atoms with van der Waals surface area (Å²) in [6.45, 7) is 4.16. The molecule has 0 saturated heterocycles. The third-order valence-corrected chi connectivity index (χ3v) is 3.83. The maximum Gasteiger partial charge on any atom is 0.224 e. The van der Waals surface area contributed by atoms with Crippen molar-refractivity contribution in [1.82, 2.24) is 0 Å². The van der Waals surface area contributed by atoms with Gasteiger partial charge in [-0.25, -0.2) is 0 Å². The second-order valence-corrected chi connectivity index (χ2v) is 5.95. The van der Waals surface area contributed by atoms with Crippen LogP contribution in [0.2, 0.25) is 0 Å². The Balaban J connectivity index is 1.95. The predicted molar refractivity (Wildman–Crippen MR) is 95.7 cm³/mol. The van der Waals surface area contributed by atoms with E-state index >= 15 is 0 Å². The lowest BCUT2D eigenvalue weighted by Gasteiger charge is -2.13. The number of benzene rings is 2. The van der Waals surface area contributed by atoms with E-state index < -0.39 is 0 Å². The normalized spacial score (nSPS) is 10.5. The third-order valence-electron chi connectivity index (χ3n) is 3.83. The number of Topliss-reactive ketones (excluding diaryl/α,β-unsaturated/α-hetero) is 1. The predicted octanol–water partition coefficient (Wildman–Crippen LogP) is 4.42. The molecule has 1 N–H and O–H groups in total. The van der Waals surface area contributed by atoms with Crippen LogP contribution in [0.5, 0.6) is 5.75 Å². The number of methoxy groups -OCH3 is 1. The van der Waals surface area contributed by atoms with E-state index in [1.807, 2.05) is 24.3 Å². The van der Waals surface area contributed by atoms with Gasteiger partial charge in [0.1, 0.15) is 5.75 Å². The molecule has 0 aliphatic rings. The molecule has 0 aliphatic carbocycles. The molecule has 2 aromatic rings. The Morgan fingerprint density at radius 1 is 1.04 bits per heavy atom. The molecule has 1 amide bonds. The standard InChI is InChI=1S/C20H23NO3/c1-14(2)17-9-4-5-10-18(17)21-20(23)12-11-19(22)15-7-6-8-16(13-15)24-3/h4-10,13-14H,11-12H2,1-3H3,(H,21,23). The molecule has 24 heavy (non-hydrogen) atoms. The number of anilines is 1. The summed E-state index contributed by atoms with van der Waals surface area (Å²) in [5, 5.41) is 2.91. The summed E-state index contributed by atoms with van der Waals surface area (Å²) >= 11 is 0. The Bertz CT molecular complexity index is 722. The molecule has 0 fully saturated rings. The topological polar surface area (TPSA) is 55.4 Å². The molecule has 0 unspecified atom stereocenters. The maximum absolute atomic E-state index is 12.2. The van der Waals surface area contributed by atoms with Crippen LogP contribution in [0.15, 0.2) is 48.5 Å². The highest BCUT2D eigenvalue weighted by molar-refractivity contribution is 6.00. The molecule has 0 spiro atoms. The molecule has 126 valence electrons. The molecule has 0 heterocycles. The number of carbonyl (C=O) groups excluding carboxylic acids is 2. The second-order valence-electron chi connectivity index (χ2n) is 5.95. The van der Waals surface area contributed by atoms with Crippen LogP contribution < -0.4 is 10.1 Å². The number of carbonyl (C=O) groups is 2. The molecule has 0 radical (unpaired) electrons. The van der Waals surface area contributed by atoms with Crippen molar-refractivity contribution in [3.8, 4) is 5.75 Å². The number of hydrogen-bond donors (Lipinski definition) is 1. The first-order valence-electron chi connectivity index (χ1n) is 8.07. The molecule has 0 bridgehead atoms. The Labute approximate surface area is 142 Å². The fourth-order valence-corrected chi connectivity index (χ4v) is 2.49. The quantitative estimate of drug-likeness (QED) is 0.767. The molecule has 0 aromatic heterocycles. The van der Waals surface area contributed by atoms with E-state index in [2.05, 4.69) is 19.2 Å². The number of nitrogens with one attached hydrogen (secondary N) is 1. The Morgan fingerprint density at radius 3 is 2.50 bits per heavy atom. The maximum atomic E-state index is 12.2. The minimum Gasteiger partial charge on any atom is -0.497 e. The molecule has 2 rings (SSSR count). The Morgan fingerprint density at radius 2 is 1.79 bits per heavy atom. The van der Waals surface area contributed by atoms with Crippen molar-refractivity contribution < 1.29 is 14.3 Å². The summed E-state index contributed by atoms with van der Waals surface area (Å²) in [5.74, 6) is 0.733. The monoisotopic (exact) mass is 325 g/mol. The molecule has 0 saturated carbocycles. The summed E-state index contributed by atoms with van der Waals surface area (Å²) in [5.41, 5.74) is 2.46. The summed E-state index contributed by atoms with van der Waals surface area (Å²) in [4.78, 5) is 24.4. The van der Waals surface area contributed by atoms with Crippen LogP contribution in [0.3, 0.4) is 0 Å². The van der Waals surface area contributed by atoms with Crippen molar-refractivity contribution >= 4 is 17.4 Å². The average molecular weight is 325 g/mol. The van der Waals surface area contributed by atoms with Gasteiger partial charge < -0.3 is 10.1 Å². The summed E-state index contributed by atoms with van der Waals surface area (Å²) in [6, 6.07) is 14.7. The van der Waals surface area contributed by atoms with Gasteiger partial charge in [-0.05, 0) is 29.7 Å². The summed E-state index contributed by atoms with van der Waals surface area (Å²) < 4.78 is 5.11. The van der Waals surface area contributed by atoms with E-state index in [4.69, 9.17) is 4.74 Å². The molecule has 4 nitrogen and oxygen atoms in total. The first-order valence-corrected chi connectivity index (χ1v) is 8.07. The molecule has 4 heteroatoms. The fourth-order valence-electron chi connectivity index (χ4n) is 2.49. The number of amides is 1. The number of hydrogen-bond acceptors (Lipinski definition) is 3. The SMILES string of the molecule is COc1cccc(C(=O)CCC(=O)Nc2ccccc2C(C)C)c1. The first-order chi connectivity index (χ1) is 11.5. The minimum atomic E-state index is -0.153.